The quantitative estimate of drug-likeness (QED) is 0.481. The van der Waals surface area contributed by atoms with Crippen LogP contribution >= 0.6 is 23.2 Å². The summed E-state index contributed by atoms with van der Waals surface area (Å²) in [6.07, 6.45) is -1.40. The van der Waals surface area contributed by atoms with Gasteiger partial charge in [0.1, 0.15) is 23.6 Å². The monoisotopic (exact) mass is 435 g/mol. The SMILES string of the molecule is OC(CNc1ccc2nnc(-c3cc(Cl)cc(Cl)c3)n2n1)c1c(F)cccc1F. The number of aromatic nitrogens is 4. The van der Waals surface area contributed by atoms with Crippen LogP contribution in [0.15, 0.2) is 48.5 Å². The van der Waals surface area contributed by atoms with Crippen LogP contribution in [-0.4, -0.2) is 31.5 Å². The molecular weight excluding hydrogens is 423 g/mol. The summed E-state index contributed by atoms with van der Waals surface area (Å²) >= 11 is 12.1. The summed E-state index contributed by atoms with van der Waals surface area (Å²) < 4.78 is 29.1. The number of halogens is 4. The minimum Gasteiger partial charge on any atom is -0.386 e. The van der Waals surface area contributed by atoms with Crippen LogP contribution in [0.25, 0.3) is 17.0 Å². The van der Waals surface area contributed by atoms with Crippen LogP contribution < -0.4 is 5.32 Å². The maximum Gasteiger partial charge on any atom is 0.185 e. The molecule has 0 aliphatic heterocycles. The van der Waals surface area contributed by atoms with E-state index in [2.05, 4.69) is 20.6 Å². The van der Waals surface area contributed by atoms with Gasteiger partial charge in [0.05, 0.1) is 5.56 Å². The zero-order valence-electron chi connectivity index (χ0n) is 14.7. The lowest BCUT2D eigenvalue weighted by Gasteiger charge is -2.14. The summed E-state index contributed by atoms with van der Waals surface area (Å²) in [5.41, 5.74) is 0.690. The predicted octanol–water partition coefficient (Wildman–Crippen LogP) is 4.52. The molecule has 0 spiro atoms. The molecule has 10 heteroatoms. The van der Waals surface area contributed by atoms with Crippen molar-refractivity contribution in [3.8, 4) is 11.4 Å². The van der Waals surface area contributed by atoms with Gasteiger partial charge in [-0.1, -0.05) is 29.3 Å². The highest BCUT2D eigenvalue weighted by molar-refractivity contribution is 6.35. The summed E-state index contributed by atoms with van der Waals surface area (Å²) in [5.74, 6) is -0.875. The largest absolute Gasteiger partial charge is 0.386 e. The fraction of sp³-hybridized carbons (Fsp3) is 0.105. The van der Waals surface area contributed by atoms with Gasteiger partial charge in [-0.3, -0.25) is 0 Å². The first-order valence-corrected chi connectivity index (χ1v) is 9.23. The molecule has 29 heavy (non-hydrogen) atoms. The fourth-order valence-electron chi connectivity index (χ4n) is 2.88. The molecule has 0 amide bonds. The van der Waals surface area contributed by atoms with Crippen molar-refractivity contribution in [3.05, 3.63) is 75.8 Å². The number of hydrogen-bond donors (Lipinski definition) is 2. The number of nitrogens with one attached hydrogen (secondary N) is 1. The smallest absolute Gasteiger partial charge is 0.185 e. The van der Waals surface area contributed by atoms with E-state index in [-0.39, 0.29) is 6.54 Å². The molecular formula is C19H13Cl2F2N5O. The third-order valence-corrected chi connectivity index (χ3v) is 4.63. The zero-order chi connectivity index (χ0) is 20.5. The number of hydrogen-bond acceptors (Lipinski definition) is 5. The van der Waals surface area contributed by atoms with Crippen LogP contribution in [-0.2, 0) is 0 Å². The number of anilines is 1. The Morgan fingerprint density at radius 1 is 1.00 bits per heavy atom. The molecule has 4 rings (SSSR count). The van der Waals surface area contributed by atoms with Crippen molar-refractivity contribution in [3.63, 3.8) is 0 Å². The Morgan fingerprint density at radius 2 is 1.69 bits per heavy atom. The molecule has 1 atom stereocenters. The first kappa shape index (κ1) is 19.5. The number of aliphatic hydroxyl groups is 1. The van der Waals surface area contributed by atoms with Crippen molar-refractivity contribution >= 4 is 34.7 Å². The van der Waals surface area contributed by atoms with E-state index < -0.39 is 23.3 Å². The van der Waals surface area contributed by atoms with Crippen LogP contribution in [0.5, 0.6) is 0 Å². The van der Waals surface area contributed by atoms with Crippen molar-refractivity contribution in [1.82, 2.24) is 19.8 Å². The summed E-state index contributed by atoms with van der Waals surface area (Å²) in [5, 5.41) is 26.5. The van der Waals surface area contributed by atoms with Gasteiger partial charge in [0.25, 0.3) is 0 Å². The normalized spacial score (nSPS) is 12.3. The second kappa shape index (κ2) is 7.90. The molecule has 0 aliphatic carbocycles. The predicted molar refractivity (Wildman–Crippen MR) is 106 cm³/mol. The minimum atomic E-state index is -1.40. The third-order valence-electron chi connectivity index (χ3n) is 4.19. The molecule has 0 bridgehead atoms. The van der Waals surface area contributed by atoms with E-state index in [0.717, 1.165) is 12.1 Å². The highest BCUT2D eigenvalue weighted by Crippen LogP contribution is 2.26. The van der Waals surface area contributed by atoms with Crippen molar-refractivity contribution in [2.75, 3.05) is 11.9 Å². The van der Waals surface area contributed by atoms with E-state index in [0.29, 0.717) is 32.9 Å². The molecule has 2 aromatic heterocycles. The summed E-state index contributed by atoms with van der Waals surface area (Å²) in [7, 11) is 0. The molecule has 6 nitrogen and oxygen atoms in total. The Balaban J connectivity index is 1.61. The first-order chi connectivity index (χ1) is 13.9. The molecule has 2 aromatic carbocycles. The van der Waals surface area contributed by atoms with Gasteiger partial charge >= 0.3 is 0 Å². The summed E-state index contributed by atoms with van der Waals surface area (Å²) in [4.78, 5) is 0. The van der Waals surface area contributed by atoms with Crippen molar-refractivity contribution in [2.24, 2.45) is 0 Å². The first-order valence-electron chi connectivity index (χ1n) is 8.47. The van der Waals surface area contributed by atoms with Crippen LogP contribution in [0.1, 0.15) is 11.7 Å². The van der Waals surface area contributed by atoms with Gasteiger partial charge in [-0.2, -0.15) is 4.52 Å². The molecule has 148 valence electrons. The number of benzene rings is 2. The Hall–Kier alpha value is -2.81. The lowest BCUT2D eigenvalue weighted by Crippen LogP contribution is -2.16. The average molecular weight is 436 g/mol. The number of fused-ring (bicyclic) bond motifs is 1. The highest BCUT2D eigenvalue weighted by atomic mass is 35.5. The van der Waals surface area contributed by atoms with Gasteiger partial charge in [-0.25, -0.2) is 8.78 Å². The van der Waals surface area contributed by atoms with Crippen LogP contribution in [0, 0.1) is 11.6 Å². The van der Waals surface area contributed by atoms with Gasteiger partial charge in [0.2, 0.25) is 0 Å². The minimum absolute atomic E-state index is 0.156. The van der Waals surface area contributed by atoms with E-state index in [9.17, 15) is 13.9 Å². The Labute approximate surface area is 173 Å². The maximum absolute atomic E-state index is 13.8. The molecule has 2 N–H and O–H groups in total. The Morgan fingerprint density at radius 3 is 2.38 bits per heavy atom. The standard InChI is InChI=1S/C19H13Cl2F2N5O/c20-11-6-10(7-12(21)8-11)19-26-25-17-5-4-16(27-28(17)19)24-9-15(29)18-13(22)2-1-3-14(18)23/h1-8,15,29H,9H2,(H,24,27). The third kappa shape index (κ3) is 4.00. The fourth-order valence-corrected chi connectivity index (χ4v) is 3.40. The molecule has 0 saturated carbocycles. The number of aliphatic hydroxyl groups excluding tert-OH is 1. The van der Waals surface area contributed by atoms with Gasteiger partial charge in [0.15, 0.2) is 11.5 Å². The van der Waals surface area contributed by atoms with E-state index in [1.165, 1.54) is 10.6 Å². The molecule has 0 fully saturated rings. The molecule has 1 unspecified atom stereocenters. The summed E-state index contributed by atoms with van der Waals surface area (Å²) in [6, 6.07) is 11.6. The number of rotatable bonds is 5. The summed E-state index contributed by atoms with van der Waals surface area (Å²) in [6.45, 7) is -0.156. The van der Waals surface area contributed by atoms with E-state index >= 15 is 0 Å². The highest BCUT2D eigenvalue weighted by Gasteiger charge is 2.18. The number of nitrogens with zero attached hydrogens (tertiary/aromatic N) is 4. The van der Waals surface area contributed by atoms with E-state index in [1.807, 2.05) is 0 Å². The van der Waals surface area contributed by atoms with Gasteiger partial charge in [-0.05, 0) is 42.5 Å². The molecule has 0 aliphatic rings. The van der Waals surface area contributed by atoms with Gasteiger partial charge in [0, 0.05) is 22.2 Å². The van der Waals surface area contributed by atoms with Crippen LogP contribution in [0.4, 0.5) is 14.6 Å². The van der Waals surface area contributed by atoms with Crippen molar-refractivity contribution < 1.29 is 13.9 Å². The lowest BCUT2D eigenvalue weighted by molar-refractivity contribution is 0.181. The van der Waals surface area contributed by atoms with Gasteiger partial charge < -0.3 is 10.4 Å². The molecule has 0 saturated heterocycles. The second-order valence-electron chi connectivity index (χ2n) is 6.20. The topological polar surface area (TPSA) is 75.3 Å². The Bertz CT molecular complexity index is 1160. The van der Waals surface area contributed by atoms with Crippen molar-refractivity contribution in [1.29, 1.82) is 0 Å². The average Bonchev–Trinajstić information content (AvgIpc) is 3.08. The maximum atomic E-state index is 13.8. The van der Waals surface area contributed by atoms with Crippen molar-refractivity contribution in [2.45, 2.75) is 6.10 Å². The zero-order valence-corrected chi connectivity index (χ0v) is 16.2. The Kier molecular flexibility index (Phi) is 5.31. The molecule has 2 heterocycles. The lowest BCUT2D eigenvalue weighted by atomic mass is 10.1. The van der Waals surface area contributed by atoms with Crippen LogP contribution in [0.3, 0.4) is 0 Å². The van der Waals surface area contributed by atoms with Gasteiger partial charge in [-0.15, -0.1) is 15.3 Å². The van der Waals surface area contributed by atoms with E-state index in [1.54, 1.807) is 30.3 Å². The molecule has 0 radical (unpaired) electrons. The van der Waals surface area contributed by atoms with E-state index in [4.69, 9.17) is 23.2 Å². The van der Waals surface area contributed by atoms with Crippen LogP contribution in [0.2, 0.25) is 10.0 Å². The second-order valence-corrected chi connectivity index (χ2v) is 7.08. The molecule has 4 aromatic rings.